The maximum atomic E-state index is 13.7. The molecule has 6 aromatic rings. The average molecular weight is 600 g/mol. The van der Waals surface area contributed by atoms with E-state index in [0.717, 1.165) is 21.5 Å². The quantitative estimate of drug-likeness (QED) is 0.244. The van der Waals surface area contributed by atoms with E-state index in [-0.39, 0.29) is 28.6 Å². The van der Waals surface area contributed by atoms with Gasteiger partial charge in [-0.1, -0.05) is 18.2 Å². The van der Waals surface area contributed by atoms with E-state index >= 15 is 0 Å². The zero-order valence-corrected chi connectivity index (χ0v) is 24.4. The molecule has 2 N–H and O–H groups in total. The van der Waals surface area contributed by atoms with Crippen LogP contribution in [0.25, 0.3) is 55.8 Å². The Bertz CT molecular complexity index is 2110. The minimum absolute atomic E-state index is 0.0601. The van der Waals surface area contributed by atoms with Crippen LogP contribution in [0.3, 0.4) is 0 Å². The Kier molecular flexibility index (Phi) is 6.85. The molecule has 0 unspecified atom stereocenters. The van der Waals surface area contributed by atoms with Crippen molar-refractivity contribution in [2.45, 2.75) is 0 Å². The molecular formula is C31H26FN5O5S. The lowest BCUT2D eigenvalue weighted by molar-refractivity contribution is 0.0964. The van der Waals surface area contributed by atoms with Crippen molar-refractivity contribution < 1.29 is 26.8 Å². The van der Waals surface area contributed by atoms with Gasteiger partial charge in [0, 0.05) is 47.6 Å². The molecular weight excluding hydrogens is 573 g/mol. The molecule has 0 aliphatic rings. The van der Waals surface area contributed by atoms with Crippen molar-refractivity contribution in [3.63, 3.8) is 0 Å². The first-order chi connectivity index (χ1) is 20.6. The number of halogens is 1. The normalized spacial score (nSPS) is 11.7. The van der Waals surface area contributed by atoms with Crippen LogP contribution in [-0.2, 0) is 10.0 Å². The number of nitrogens with zero attached hydrogens (tertiary/aromatic N) is 3. The van der Waals surface area contributed by atoms with Crippen LogP contribution in [0.1, 0.15) is 10.4 Å². The fourth-order valence-corrected chi connectivity index (χ4v) is 5.44. The van der Waals surface area contributed by atoms with Crippen LogP contribution >= 0.6 is 0 Å². The third kappa shape index (κ3) is 5.06. The van der Waals surface area contributed by atoms with Crippen LogP contribution in [0.2, 0.25) is 0 Å². The summed E-state index contributed by atoms with van der Waals surface area (Å²) < 4.78 is 52.0. The summed E-state index contributed by atoms with van der Waals surface area (Å²) in [6.45, 7) is 0. The minimum atomic E-state index is -3.74. The lowest BCUT2D eigenvalue weighted by atomic mass is 10.0. The van der Waals surface area contributed by atoms with E-state index in [1.54, 1.807) is 18.2 Å². The summed E-state index contributed by atoms with van der Waals surface area (Å²) >= 11 is 0. The second-order valence-electron chi connectivity index (χ2n) is 9.88. The van der Waals surface area contributed by atoms with Crippen LogP contribution in [0.5, 0.6) is 6.01 Å². The summed E-state index contributed by atoms with van der Waals surface area (Å²) in [5, 5.41) is 4.02. The molecule has 0 radical (unpaired) electrons. The van der Waals surface area contributed by atoms with E-state index in [9.17, 15) is 17.6 Å². The zero-order chi connectivity index (χ0) is 30.5. The molecule has 3 heterocycles. The van der Waals surface area contributed by atoms with Crippen molar-refractivity contribution in [1.82, 2.24) is 20.3 Å². The number of H-pyrrole nitrogens is 1. The van der Waals surface area contributed by atoms with Gasteiger partial charge < -0.3 is 19.5 Å². The number of rotatable bonds is 7. The second-order valence-corrected chi connectivity index (χ2v) is 11.9. The van der Waals surface area contributed by atoms with Crippen molar-refractivity contribution in [2.75, 3.05) is 31.8 Å². The number of aromatic nitrogens is 3. The van der Waals surface area contributed by atoms with Crippen molar-refractivity contribution in [3.05, 3.63) is 84.2 Å². The van der Waals surface area contributed by atoms with Gasteiger partial charge in [-0.05, 0) is 48.5 Å². The van der Waals surface area contributed by atoms with E-state index in [4.69, 9.17) is 9.15 Å². The van der Waals surface area contributed by atoms with Crippen molar-refractivity contribution in [3.8, 4) is 40.0 Å². The fraction of sp³-hybridized carbons (Fsp3) is 0.129. The SMILES string of the molecule is CNC(=O)c1c(-c2ccc(F)cc2)oc2cc(N(C)S(C)(=O)=O)c(-c3cc(-c4cc5ccccc5[nH]4)nc(OC)n3)cc12. The number of methoxy groups -OCH3 is 1. The molecule has 0 saturated carbocycles. The van der Waals surface area contributed by atoms with Gasteiger partial charge in [0.1, 0.15) is 17.2 Å². The molecule has 0 spiro atoms. The predicted octanol–water partition coefficient (Wildman–Crippen LogP) is 5.61. The monoisotopic (exact) mass is 599 g/mol. The minimum Gasteiger partial charge on any atom is -0.467 e. The highest BCUT2D eigenvalue weighted by Gasteiger charge is 2.27. The lowest BCUT2D eigenvalue weighted by Crippen LogP contribution is -2.25. The van der Waals surface area contributed by atoms with E-state index in [1.807, 2.05) is 30.3 Å². The number of benzene rings is 3. The van der Waals surface area contributed by atoms with Crippen LogP contribution in [0.15, 0.2) is 77.2 Å². The van der Waals surface area contributed by atoms with Gasteiger partial charge in [-0.2, -0.15) is 9.97 Å². The van der Waals surface area contributed by atoms with Gasteiger partial charge in [0.2, 0.25) is 10.0 Å². The van der Waals surface area contributed by atoms with Crippen molar-refractivity contribution in [2.24, 2.45) is 0 Å². The Balaban J connectivity index is 1.64. The summed E-state index contributed by atoms with van der Waals surface area (Å²) in [4.78, 5) is 25.6. The molecule has 0 aliphatic carbocycles. The topological polar surface area (TPSA) is 130 Å². The fourth-order valence-electron chi connectivity index (χ4n) is 4.94. The number of fused-ring (bicyclic) bond motifs is 2. The number of ether oxygens (including phenoxy) is 1. The molecule has 6 rings (SSSR count). The van der Waals surface area contributed by atoms with Gasteiger partial charge >= 0.3 is 6.01 Å². The van der Waals surface area contributed by atoms with Crippen LogP contribution in [0.4, 0.5) is 10.1 Å². The smallest absolute Gasteiger partial charge is 0.317 e. The van der Waals surface area contributed by atoms with E-state index in [2.05, 4.69) is 20.3 Å². The number of amides is 1. The molecule has 12 heteroatoms. The Hall–Kier alpha value is -5.23. The van der Waals surface area contributed by atoms with Gasteiger partial charge in [0.15, 0.2) is 0 Å². The first kappa shape index (κ1) is 27.9. The third-order valence-corrected chi connectivity index (χ3v) is 8.37. The molecule has 0 bridgehead atoms. The number of nitrogens with one attached hydrogen (secondary N) is 2. The first-order valence-electron chi connectivity index (χ1n) is 13.1. The molecule has 0 atom stereocenters. The molecule has 0 fully saturated rings. The van der Waals surface area contributed by atoms with E-state index in [1.165, 1.54) is 45.5 Å². The van der Waals surface area contributed by atoms with Gasteiger partial charge in [0.05, 0.1) is 41.7 Å². The van der Waals surface area contributed by atoms with E-state index in [0.29, 0.717) is 33.6 Å². The number of furan rings is 1. The number of carbonyl (C=O) groups is 1. The molecule has 0 aliphatic heterocycles. The Morgan fingerprint density at radius 3 is 2.42 bits per heavy atom. The van der Waals surface area contributed by atoms with Gasteiger partial charge in [-0.25, -0.2) is 12.8 Å². The highest BCUT2D eigenvalue weighted by atomic mass is 32.2. The molecule has 10 nitrogen and oxygen atoms in total. The number of sulfonamides is 1. The summed E-state index contributed by atoms with van der Waals surface area (Å²) in [7, 11) is 0.606. The third-order valence-electron chi connectivity index (χ3n) is 7.17. The number of hydrogen-bond acceptors (Lipinski definition) is 7. The summed E-state index contributed by atoms with van der Waals surface area (Å²) in [6.07, 6.45) is 1.08. The molecule has 1 amide bonds. The predicted molar refractivity (Wildman–Crippen MR) is 163 cm³/mol. The molecule has 43 heavy (non-hydrogen) atoms. The molecule has 218 valence electrons. The van der Waals surface area contributed by atoms with E-state index < -0.39 is 21.7 Å². The standard InChI is InChI=1S/C31H26FN5O5S/c1-33-30(38)28-21-14-20(23-15-25(36-31(35-23)41-3)24-13-18-7-5-6-8-22(18)34-24)26(37(2)43(4,39)40)16-27(21)42-29(28)17-9-11-19(32)12-10-17/h5-16,34H,1-4H3,(H,33,38). The number of anilines is 1. The summed E-state index contributed by atoms with van der Waals surface area (Å²) in [5.41, 5.74) is 4.04. The Labute approximate surface area is 246 Å². The highest BCUT2D eigenvalue weighted by molar-refractivity contribution is 7.92. The Morgan fingerprint density at radius 1 is 1.02 bits per heavy atom. The van der Waals surface area contributed by atoms with Crippen LogP contribution < -0.4 is 14.4 Å². The molecule has 3 aromatic heterocycles. The lowest BCUT2D eigenvalue weighted by Gasteiger charge is -2.20. The highest BCUT2D eigenvalue weighted by Crippen LogP contribution is 2.41. The van der Waals surface area contributed by atoms with Gasteiger partial charge in [-0.3, -0.25) is 9.10 Å². The number of para-hydroxylation sites is 1. The second kappa shape index (κ2) is 10.6. The van der Waals surface area contributed by atoms with Crippen molar-refractivity contribution in [1.29, 1.82) is 0 Å². The molecule has 0 saturated heterocycles. The summed E-state index contributed by atoms with van der Waals surface area (Å²) in [6, 6.07) is 20.2. The Morgan fingerprint density at radius 2 is 1.74 bits per heavy atom. The maximum absolute atomic E-state index is 13.7. The maximum Gasteiger partial charge on any atom is 0.317 e. The van der Waals surface area contributed by atoms with Gasteiger partial charge in [0.25, 0.3) is 5.91 Å². The number of aromatic amines is 1. The van der Waals surface area contributed by atoms with Crippen molar-refractivity contribution >= 4 is 43.5 Å². The largest absolute Gasteiger partial charge is 0.467 e. The zero-order valence-electron chi connectivity index (χ0n) is 23.6. The summed E-state index contributed by atoms with van der Waals surface area (Å²) in [5.74, 6) is -0.671. The average Bonchev–Trinajstić information content (AvgIpc) is 3.61. The van der Waals surface area contributed by atoms with Crippen LogP contribution in [-0.4, -0.2) is 56.7 Å². The number of carbonyl (C=O) groups excluding carboxylic acids is 1. The van der Waals surface area contributed by atoms with Gasteiger partial charge in [-0.15, -0.1) is 0 Å². The number of hydrogen-bond donors (Lipinski definition) is 2. The molecule has 3 aromatic carbocycles. The first-order valence-corrected chi connectivity index (χ1v) is 15.0. The van der Waals surface area contributed by atoms with Crippen LogP contribution in [0, 0.1) is 5.82 Å².